The molecule has 0 radical (unpaired) electrons. The first-order chi connectivity index (χ1) is 20.4. The van der Waals surface area contributed by atoms with Crippen molar-refractivity contribution < 1.29 is 18.0 Å². The summed E-state index contributed by atoms with van der Waals surface area (Å²) >= 11 is -0.750. The number of anilines is 1. The summed E-state index contributed by atoms with van der Waals surface area (Å²) in [5.74, 6) is 0.369. The Morgan fingerprint density at radius 2 is 1.55 bits per heavy atom. The van der Waals surface area contributed by atoms with Crippen LogP contribution in [0.1, 0.15) is 56.8 Å². The van der Waals surface area contributed by atoms with Crippen molar-refractivity contribution in [2.24, 2.45) is 5.92 Å². The topological polar surface area (TPSA) is 115 Å². The van der Waals surface area contributed by atoms with E-state index in [2.05, 4.69) is 52.0 Å². The maximum absolute atomic E-state index is 13.0. The van der Waals surface area contributed by atoms with Crippen LogP contribution in [0.3, 0.4) is 0 Å². The van der Waals surface area contributed by atoms with E-state index in [9.17, 15) is 9.59 Å². The molecule has 0 bridgehead atoms. The first-order valence-electron chi connectivity index (χ1n) is 14.1. The molecule has 2 aliphatic heterocycles. The number of benzene rings is 2. The number of hydrogen-bond acceptors (Lipinski definition) is 8. The molecule has 2 saturated heterocycles. The summed E-state index contributed by atoms with van der Waals surface area (Å²) in [6, 6.07) is 21.8. The number of likely N-dealkylation sites (tertiary alicyclic amines) is 1. The zero-order valence-corrected chi connectivity index (χ0v) is 24.6. The van der Waals surface area contributed by atoms with E-state index in [1.807, 2.05) is 29.2 Å². The van der Waals surface area contributed by atoms with Crippen LogP contribution in [0, 0.1) is 24.2 Å². The molecule has 9 nitrogen and oxygen atoms in total. The van der Waals surface area contributed by atoms with Crippen LogP contribution >= 0.6 is 0 Å². The van der Waals surface area contributed by atoms with E-state index in [0.717, 1.165) is 45.6 Å². The number of nitriles is 1. The Balaban J connectivity index is 0.00000129. The number of Topliss-reactive ketones (excluding diaryl/α,β-unsaturated/α-hetero) is 1. The van der Waals surface area contributed by atoms with E-state index in [0.29, 0.717) is 42.2 Å². The molecule has 3 aromatic rings. The third-order valence-corrected chi connectivity index (χ3v) is 7.93. The minimum Gasteiger partial charge on any atom is -0.368 e. The molecule has 1 aromatic heterocycles. The first-order valence-corrected chi connectivity index (χ1v) is 14.8. The van der Waals surface area contributed by atoms with Crippen LogP contribution in [-0.4, -0.2) is 74.2 Å². The minimum atomic E-state index is -0.750. The molecule has 3 heterocycles. The van der Waals surface area contributed by atoms with Crippen LogP contribution in [0.4, 0.5) is 5.69 Å². The van der Waals surface area contributed by atoms with Crippen LogP contribution in [0.15, 0.2) is 66.9 Å². The Hall–Kier alpha value is -4.20. The van der Waals surface area contributed by atoms with Crippen LogP contribution < -0.4 is 4.90 Å². The second-order valence-corrected chi connectivity index (χ2v) is 10.9. The summed E-state index contributed by atoms with van der Waals surface area (Å²) in [7, 11) is 0. The molecule has 42 heavy (non-hydrogen) atoms. The van der Waals surface area contributed by atoms with Gasteiger partial charge in [-0.1, -0.05) is 29.8 Å². The zero-order valence-electron chi connectivity index (χ0n) is 23.8. The van der Waals surface area contributed by atoms with Crippen LogP contribution in [0.5, 0.6) is 0 Å². The summed E-state index contributed by atoms with van der Waals surface area (Å²) in [6.45, 7) is 7.78. The van der Waals surface area contributed by atoms with E-state index >= 15 is 0 Å². The third-order valence-electron chi connectivity index (χ3n) is 7.93. The fourth-order valence-corrected chi connectivity index (χ4v) is 5.45. The smallest absolute Gasteiger partial charge is 0.335 e. The van der Waals surface area contributed by atoms with Gasteiger partial charge in [0.15, 0.2) is 5.78 Å². The van der Waals surface area contributed by atoms with E-state index in [-0.39, 0.29) is 11.7 Å². The fourth-order valence-electron chi connectivity index (χ4n) is 5.45. The lowest BCUT2D eigenvalue weighted by molar-refractivity contribution is 0.0745. The third kappa shape index (κ3) is 8.41. The molecule has 2 aliphatic rings. The lowest BCUT2D eigenvalue weighted by atomic mass is 9.90. The van der Waals surface area contributed by atoms with Gasteiger partial charge in [0.2, 0.25) is 0 Å². The highest BCUT2D eigenvalue weighted by Crippen LogP contribution is 2.24. The standard InChI is InChI=1S/C32H35N5O2.O2S/c1-24-2-9-29(10-3-24)36-16-18-37(19-17-36)32(39)28-8-11-30(34-22-28)31(38)20-25-12-14-35(15-13-25)23-27-6-4-26(21-33)5-7-27;1-3-2/h2-11,22,25H,12-20,23H2,1H3;. The zero-order chi connectivity index (χ0) is 29.9. The summed E-state index contributed by atoms with van der Waals surface area (Å²) in [6.07, 6.45) is 4.01. The Morgan fingerprint density at radius 3 is 2.12 bits per heavy atom. The largest absolute Gasteiger partial charge is 0.368 e. The van der Waals surface area contributed by atoms with Crippen molar-refractivity contribution in [1.29, 1.82) is 5.26 Å². The molecule has 0 unspecified atom stereocenters. The van der Waals surface area contributed by atoms with Gasteiger partial charge >= 0.3 is 11.6 Å². The van der Waals surface area contributed by atoms with E-state index in [4.69, 9.17) is 13.7 Å². The van der Waals surface area contributed by atoms with Crippen molar-refractivity contribution in [3.63, 3.8) is 0 Å². The number of aromatic nitrogens is 1. The normalized spacial score (nSPS) is 15.7. The van der Waals surface area contributed by atoms with Crippen LogP contribution in [0.2, 0.25) is 0 Å². The number of pyridine rings is 1. The number of ketones is 1. The molecular weight excluding hydrogens is 550 g/mol. The average Bonchev–Trinajstić information content (AvgIpc) is 3.03. The molecule has 2 fully saturated rings. The van der Waals surface area contributed by atoms with Gasteiger partial charge in [-0.2, -0.15) is 13.7 Å². The van der Waals surface area contributed by atoms with Crippen molar-refractivity contribution in [3.05, 3.63) is 94.8 Å². The SMILES string of the molecule is Cc1ccc(N2CCN(C(=O)c3ccc(C(=O)CC4CCN(Cc5ccc(C#N)cc5)CC4)nc3)CC2)cc1.O=S=O. The number of piperidine rings is 1. The quantitative estimate of drug-likeness (QED) is 0.382. The lowest BCUT2D eigenvalue weighted by Crippen LogP contribution is -2.48. The van der Waals surface area contributed by atoms with Crippen molar-refractivity contribution >= 4 is 28.9 Å². The molecule has 0 saturated carbocycles. The highest BCUT2D eigenvalue weighted by molar-refractivity contribution is 7.51. The molecule has 1 amide bonds. The number of rotatable bonds is 7. The monoisotopic (exact) mass is 585 g/mol. The number of aryl methyl sites for hydroxylation is 1. The maximum atomic E-state index is 13.0. The molecule has 5 rings (SSSR count). The number of carbonyl (C=O) groups excluding carboxylic acids is 2. The van der Waals surface area contributed by atoms with Gasteiger partial charge in [-0.3, -0.25) is 19.5 Å². The number of carbonyl (C=O) groups is 2. The second kappa shape index (κ2) is 15.1. The minimum absolute atomic E-state index is 0.0281. The summed E-state index contributed by atoms with van der Waals surface area (Å²) in [5, 5.41) is 8.96. The summed E-state index contributed by atoms with van der Waals surface area (Å²) < 4.78 is 16.6. The van der Waals surface area contributed by atoms with Gasteiger partial charge in [-0.15, -0.1) is 0 Å². The number of amides is 1. The molecule has 0 spiro atoms. The van der Waals surface area contributed by atoms with Crippen molar-refractivity contribution in [2.45, 2.75) is 32.7 Å². The predicted molar refractivity (Wildman–Crippen MR) is 161 cm³/mol. The van der Waals surface area contributed by atoms with Crippen molar-refractivity contribution in [1.82, 2.24) is 14.8 Å². The summed E-state index contributed by atoms with van der Waals surface area (Å²) in [4.78, 5) is 36.9. The maximum Gasteiger partial charge on any atom is 0.335 e. The van der Waals surface area contributed by atoms with E-state index in [1.165, 1.54) is 16.8 Å². The molecule has 0 N–H and O–H groups in total. The van der Waals surface area contributed by atoms with Gasteiger partial charge in [-0.25, -0.2) is 0 Å². The number of hydrogen-bond donors (Lipinski definition) is 0. The lowest BCUT2D eigenvalue weighted by Gasteiger charge is -2.36. The molecule has 10 heteroatoms. The highest BCUT2D eigenvalue weighted by atomic mass is 32.1. The van der Waals surface area contributed by atoms with E-state index in [1.54, 1.807) is 18.3 Å². The highest BCUT2D eigenvalue weighted by Gasteiger charge is 2.25. The second-order valence-electron chi connectivity index (χ2n) is 10.8. The fraction of sp³-hybridized carbons (Fsp3) is 0.375. The van der Waals surface area contributed by atoms with Crippen molar-refractivity contribution in [3.8, 4) is 6.07 Å². The first kappa shape index (κ1) is 30.8. The Bertz CT molecular complexity index is 1420. The van der Waals surface area contributed by atoms with Crippen molar-refractivity contribution in [2.75, 3.05) is 44.2 Å². The Labute approximate surface area is 250 Å². The van der Waals surface area contributed by atoms with Crippen LogP contribution in [-0.2, 0) is 18.1 Å². The molecule has 2 aromatic carbocycles. The Kier molecular flexibility index (Phi) is 11.1. The van der Waals surface area contributed by atoms with Gasteiger partial charge in [0, 0.05) is 51.0 Å². The number of piperazine rings is 1. The van der Waals surface area contributed by atoms with Gasteiger partial charge in [0.25, 0.3) is 5.91 Å². The summed E-state index contributed by atoms with van der Waals surface area (Å²) in [5.41, 5.74) is 5.29. The molecular formula is C32H35N5O4S. The molecule has 218 valence electrons. The Morgan fingerprint density at radius 1 is 0.905 bits per heavy atom. The average molecular weight is 586 g/mol. The predicted octanol–water partition coefficient (Wildman–Crippen LogP) is 4.04. The van der Waals surface area contributed by atoms with Crippen LogP contribution in [0.25, 0.3) is 0 Å². The van der Waals surface area contributed by atoms with Gasteiger partial charge in [0.05, 0.1) is 17.2 Å². The van der Waals surface area contributed by atoms with E-state index < -0.39 is 11.6 Å². The molecule has 0 aliphatic carbocycles. The number of nitrogens with zero attached hydrogens (tertiary/aromatic N) is 5. The molecule has 0 atom stereocenters. The van der Waals surface area contributed by atoms with Gasteiger partial charge < -0.3 is 9.80 Å². The van der Waals surface area contributed by atoms with Gasteiger partial charge in [-0.05, 0) is 80.7 Å². The van der Waals surface area contributed by atoms with Gasteiger partial charge in [0.1, 0.15) is 5.69 Å².